The van der Waals surface area contributed by atoms with Gasteiger partial charge in [-0.1, -0.05) is 6.92 Å². The molecule has 0 bridgehead atoms. The Hall–Kier alpha value is -1.88. The first-order valence-corrected chi connectivity index (χ1v) is 6.43. The van der Waals surface area contributed by atoms with Gasteiger partial charge < -0.3 is 9.67 Å². The Balaban J connectivity index is 2.30. The fourth-order valence-electron chi connectivity index (χ4n) is 1.65. The normalized spacial score (nSPS) is 10.5. The predicted molar refractivity (Wildman–Crippen MR) is 70.5 cm³/mol. The third-order valence-electron chi connectivity index (χ3n) is 2.62. The lowest BCUT2D eigenvalue weighted by Crippen LogP contribution is -2.20. The molecule has 2 heterocycles. The standard InChI is InChI=1S/C13H13NO3S/c1-2-10-4-5-11(18-10)8-14-7-9(13(16)17)3-6-12(14)15/h3-7H,2,8H2,1H3,(H,16,17). The van der Waals surface area contributed by atoms with E-state index in [1.165, 1.54) is 27.8 Å². The van der Waals surface area contributed by atoms with Gasteiger partial charge in [0.2, 0.25) is 0 Å². The molecule has 5 heteroatoms. The Labute approximate surface area is 108 Å². The van der Waals surface area contributed by atoms with Gasteiger partial charge in [0.1, 0.15) is 0 Å². The first kappa shape index (κ1) is 12.6. The van der Waals surface area contributed by atoms with E-state index in [0.717, 1.165) is 11.3 Å². The summed E-state index contributed by atoms with van der Waals surface area (Å²) in [6.45, 7) is 2.50. The Morgan fingerprint density at radius 3 is 2.61 bits per heavy atom. The Morgan fingerprint density at radius 2 is 2.00 bits per heavy atom. The summed E-state index contributed by atoms with van der Waals surface area (Å²) in [6, 6.07) is 6.63. The van der Waals surface area contributed by atoms with E-state index in [1.807, 2.05) is 12.1 Å². The SMILES string of the molecule is CCc1ccc(Cn2cc(C(=O)O)ccc2=O)s1. The van der Waals surface area contributed by atoms with Crippen molar-refractivity contribution in [2.24, 2.45) is 0 Å². The Bertz CT molecular complexity index is 627. The molecule has 0 aromatic carbocycles. The minimum Gasteiger partial charge on any atom is -0.478 e. The van der Waals surface area contributed by atoms with Crippen LogP contribution in [0.2, 0.25) is 0 Å². The minimum absolute atomic E-state index is 0.127. The largest absolute Gasteiger partial charge is 0.478 e. The number of carboxylic acids is 1. The van der Waals surface area contributed by atoms with E-state index in [4.69, 9.17) is 5.11 Å². The van der Waals surface area contributed by atoms with E-state index in [9.17, 15) is 9.59 Å². The molecule has 0 unspecified atom stereocenters. The molecule has 0 fully saturated rings. The number of carbonyl (C=O) groups is 1. The van der Waals surface area contributed by atoms with Crippen molar-refractivity contribution in [1.29, 1.82) is 0 Å². The summed E-state index contributed by atoms with van der Waals surface area (Å²) in [4.78, 5) is 24.8. The molecule has 0 spiro atoms. The van der Waals surface area contributed by atoms with Gasteiger partial charge in [0.05, 0.1) is 12.1 Å². The molecule has 18 heavy (non-hydrogen) atoms. The lowest BCUT2D eigenvalue weighted by atomic mass is 10.3. The summed E-state index contributed by atoms with van der Waals surface area (Å²) in [5, 5.41) is 8.90. The number of aromatic carboxylic acids is 1. The third-order valence-corrected chi connectivity index (χ3v) is 3.84. The molecule has 2 aromatic heterocycles. The van der Waals surface area contributed by atoms with E-state index in [2.05, 4.69) is 6.92 Å². The van der Waals surface area contributed by atoms with Crippen LogP contribution in [0, 0.1) is 0 Å². The molecule has 0 aliphatic rings. The van der Waals surface area contributed by atoms with E-state index < -0.39 is 5.97 Å². The molecule has 0 amide bonds. The molecule has 94 valence electrons. The van der Waals surface area contributed by atoms with Crippen molar-refractivity contribution in [2.75, 3.05) is 0 Å². The van der Waals surface area contributed by atoms with Crippen LogP contribution in [0.3, 0.4) is 0 Å². The van der Waals surface area contributed by atoms with Crippen molar-refractivity contribution in [2.45, 2.75) is 19.9 Å². The number of aromatic nitrogens is 1. The number of carboxylic acid groups (broad SMARTS) is 1. The van der Waals surface area contributed by atoms with Crippen LogP contribution in [0.15, 0.2) is 35.3 Å². The molecule has 0 saturated heterocycles. The van der Waals surface area contributed by atoms with Crippen LogP contribution in [-0.4, -0.2) is 15.6 Å². The highest BCUT2D eigenvalue weighted by atomic mass is 32.1. The molecule has 2 aromatic rings. The maximum atomic E-state index is 11.6. The van der Waals surface area contributed by atoms with Crippen LogP contribution < -0.4 is 5.56 Å². The Morgan fingerprint density at radius 1 is 1.28 bits per heavy atom. The van der Waals surface area contributed by atoms with Gasteiger partial charge in [0, 0.05) is 22.0 Å². The van der Waals surface area contributed by atoms with Crippen LogP contribution in [0.1, 0.15) is 27.0 Å². The van der Waals surface area contributed by atoms with Gasteiger partial charge in [-0.15, -0.1) is 11.3 Å². The number of pyridine rings is 1. The van der Waals surface area contributed by atoms with E-state index in [-0.39, 0.29) is 11.1 Å². The summed E-state index contributed by atoms with van der Waals surface area (Å²) in [6.07, 6.45) is 2.35. The zero-order valence-corrected chi connectivity index (χ0v) is 10.7. The van der Waals surface area contributed by atoms with Crippen molar-refractivity contribution in [3.63, 3.8) is 0 Å². The number of thiophene rings is 1. The average molecular weight is 263 g/mol. The van der Waals surface area contributed by atoms with Gasteiger partial charge in [-0.2, -0.15) is 0 Å². The van der Waals surface area contributed by atoms with Crippen LogP contribution in [-0.2, 0) is 13.0 Å². The number of rotatable bonds is 4. The maximum Gasteiger partial charge on any atom is 0.337 e. The van der Waals surface area contributed by atoms with Crippen molar-refractivity contribution in [1.82, 2.24) is 4.57 Å². The number of aryl methyl sites for hydroxylation is 1. The zero-order chi connectivity index (χ0) is 13.1. The van der Waals surface area contributed by atoms with Crippen molar-refractivity contribution in [3.05, 3.63) is 56.1 Å². The topological polar surface area (TPSA) is 59.3 Å². The highest BCUT2D eigenvalue weighted by Crippen LogP contribution is 2.17. The Kier molecular flexibility index (Phi) is 3.62. The van der Waals surface area contributed by atoms with Gasteiger partial charge in [-0.3, -0.25) is 4.79 Å². The first-order valence-electron chi connectivity index (χ1n) is 5.61. The predicted octanol–water partition coefficient (Wildman–Crippen LogP) is 2.22. The molecule has 4 nitrogen and oxygen atoms in total. The molecule has 0 atom stereocenters. The first-order chi connectivity index (χ1) is 8.60. The summed E-state index contributed by atoms with van der Waals surface area (Å²) in [7, 11) is 0. The molecule has 2 rings (SSSR count). The van der Waals surface area contributed by atoms with E-state index >= 15 is 0 Å². The quantitative estimate of drug-likeness (QED) is 0.920. The van der Waals surface area contributed by atoms with Gasteiger partial charge >= 0.3 is 5.97 Å². The minimum atomic E-state index is -1.02. The maximum absolute atomic E-state index is 11.6. The van der Waals surface area contributed by atoms with Gasteiger partial charge in [-0.05, 0) is 24.6 Å². The average Bonchev–Trinajstić information content (AvgIpc) is 2.79. The lowest BCUT2D eigenvalue weighted by molar-refractivity contribution is 0.0696. The van der Waals surface area contributed by atoms with Crippen molar-refractivity contribution >= 4 is 17.3 Å². The number of hydrogen-bond donors (Lipinski definition) is 1. The van der Waals surface area contributed by atoms with E-state index in [1.54, 1.807) is 11.3 Å². The molecule has 0 aliphatic carbocycles. The summed E-state index contributed by atoms with van der Waals surface area (Å²) >= 11 is 1.64. The lowest BCUT2D eigenvalue weighted by Gasteiger charge is -2.04. The second-order valence-electron chi connectivity index (χ2n) is 3.91. The molecule has 0 radical (unpaired) electrons. The smallest absolute Gasteiger partial charge is 0.337 e. The number of hydrogen-bond acceptors (Lipinski definition) is 3. The zero-order valence-electron chi connectivity index (χ0n) is 9.92. The van der Waals surface area contributed by atoms with Crippen molar-refractivity contribution < 1.29 is 9.90 Å². The van der Waals surface area contributed by atoms with Crippen LogP contribution in [0.5, 0.6) is 0 Å². The molecule has 0 aliphatic heterocycles. The fourth-order valence-corrected chi connectivity index (χ4v) is 2.60. The number of nitrogens with zero attached hydrogens (tertiary/aromatic N) is 1. The van der Waals surface area contributed by atoms with Gasteiger partial charge in [0.25, 0.3) is 5.56 Å². The summed E-state index contributed by atoms with van der Waals surface area (Å²) in [5.74, 6) is -1.02. The van der Waals surface area contributed by atoms with Gasteiger partial charge in [-0.25, -0.2) is 4.79 Å². The molecular formula is C13H13NO3S. The molecule has 0 saturated carbocycles. The monoisotopic (exact) mass is 263 g/mol. The molecular weight excluding hydrogens is 250 g/mol. The summed E-state index contributed by atoms with van der Waals surface area (Å²) in [5.41, 5.74) is -0.0617. The summed E-state index contributed by atoms with van der Waals surface area (Å²) < 4.78 is 1.43. The fraction of sp³-hybridized carbons (Fsp3) is 0.231. The molecule has 1 N–H and O–H groups in total. The van der Waals surface area contributed by atoms with Crippen LogP contribution in [0.4, 0.5) is 0 Å². The van der Waals surface area contributed by atoms with Crippen LogP contribution >= 0.6 is 11.3 Å². The van der Waals surface area contributed by atoms with Crippen LogP contribution in [0.25, 0.3) is 0 Å². The second kappa shape index (κ2) is 5.18. The second-order valence-corrected chi connectivity index (χ2v) is 5.16. The van der Waals surface area contributed by atoms with Gasteiger partial charge in [0.15, 0.2) is 0 Å². The highest BCUT2D eigenvalue weighted by molar-refractivity contribution is 7.11. The highest BCUT2D eigenvalue weighted by Gasteiger charge is 2.06. The van der Waals surface area contributed by atoms with E-state index in [0.29, 0.717) is 6.54 Å². The van der Waals surface area contributed by atoms with Crippen molar-refractivity contribution in [3.8, 4) is 0 Å². The third kappa shape index (κ3) is 2.68.